The molecule has 2 rings (SSSR count). The van der Waals surface area contributed by atoms with Crippen molar-refractivity contribution in [2.24, 2.45) is 0 Å². The van der Waals surface area contributed by atoms with Gasteiger partial charge in [0.2, 0.25) is 10.0 Å². The average Bonchev–Trinajstić information content (AvgIpc) is 2.29. The van der Waals surface area contributed by atoms with E-state index in [0.29, 0.717) is 4.90 Å². The summed E-state index contributed by atoms with van der Waals surface area (Å²) in [5.41, 5.74) is 0. The summed E-state index contributed by atoms with van der Waals surface area (Å²) < 4.78 is 27.8. The van der Waals surface area contributed by atoms with Gasteiger partial charge in [0.1, 0.15) is 0 Å². The second-order valence-electron chi connectivity index (χ2n) is 4.92. The predicted molar refractivity (Wildman–Crippen MR) is 75.9 cm³/mol. The van der Waals surface area contributed by atoms with E-state index in [0.717, 1.165) is 23.7 Å². The van der Waals surface area contributed by atoms with Crippen molar-refractivity contribution in [2.45, 2.75) is 50.1 Å². The van der Waals surface area contributed by atoms with Gasteiger partial charge < -0.3 is 0 Å². The van der Waals surface area contributed by atoms with E-state index in [9.17, 15) is 8.42 Å². The van der Waals surface area contributed by atoms with Gasteiger partial charge in [0, 0.05) is 16.6 Å². The van der Waals surface area contributed by atoms with Crippen LogP contribution in [0.2, 0.25) is 0 Å². The molecule has 0 spiro atoms. The van der Waals surface area contributed by atoms with Crippen molar-refractivity contribution in [3.63, 3.8) is 0 Å². The van der Waals surface area contributed by atoms with Gasteiger partial charge in [-0.2, -0.15) is 4.31 Å². The van der Waals surface area contributed by atoms with E-state index in [1.807, 2.05) is 13.8 Å². The lowest BCUT2D eigenvalue weighted by molar-refractivity contribution is 0.204. The van der Waals surface area contributed by atoms with Gasteiger partial charge in [-0.25, -0.2) is 8.42 Å². The molecule has 1 aliphatic heterocycles. The van der Waals surface area contributed by atoms with E-state index in [4.69, 9.17) is 0 Å². The molecular weight excluding hydrogens is 314 g/mol. The van der Waals surface area contributed by atoms with Crippen molar-refractivity contribution in [1.82, 2.24) is 4.31 Å². The van der Waals surface area contributed by atoms with Crippen LogP contribution in [0.5, 0.6) is 0 Å². The zero-order valence-corrected chi connectivity index (χ0v) is 13.0. The first-order chi connectivity index (χ1) is 8.43. The van der Waals surface area contributed by atoms with Gasteiger partial charge in [0.15, 0.2) is 0 Å². The highest BCUT2D eigenvalue weighted by atomic mass is 79.9. The lowest BCUT2D eigenvalue weighted by Gasteiger charge is -2.37. The Labute approximate surface area is 117 Å². The Bertz CT molecular complexity index is 502. The maximum atomic E-state index is 12.6. The molecule has 0 unspecified atom stereocenters. The Morgan fingerprint density at radius 3 is 2.11 bits per heavy atom. The summed E-state index contributed by atoms with van der Waals surface area (Å²) in [7, 11) is -3.36. The van der Waals surface area contributed by atoms with Crippen molar-refractivity contribution in [3.05, 3.63) is 28.7 Å². The fourth-order valence-corrected chi connectivity index (χ4v) is 4.75. The first-order valence-electron chi connectivity index (χ1n) is 6.22. The largest absolute Gasteiger partial charge is 0.243 e. The molecule has 1 aliphatic rings. The van der Waals surface area contributed by atoms with Crippen molar-refractivity contribution in [2.75, 3.05) is 0 Å². The summed E-state index contributed by atoms with van der Waals surface area (Å²) >= 11 is 3.32. The maximum absolute atomic E-state index is 12.6. The minimum atomic E-state index is -3.36. The molecule has 1 heterocycles. The van der Waals surface area contributed by atoms with Gasteiger partial charge in [0.05, 0.1) is 4.90 Å². The van der Waals surface area contributed by atoms with Crippen LogP contribution in [0.1, 0.15) is 33.1 Å². The van der Waals surface area contributed by atoms with Crippen LogP contribution in [0.3, 0.4) is 0 Å². The molecule has 0 aromatic heterocycles. The molecular formula is C13H18BrNO2S. The Balaban J connectivity index is 2.38. The number of hydrogen-bond acceptors (Lipinski definition) is 2. The molecule has 100 valence electrons. The van der Waals surface area contributed by atoms with Gasteiger partial charge >= 0.3 is 0 Å². The summed E-state index contributed by atoms with van der Waals surface area (Å²) in [6, 6.07) is 7.03. The maximum Gasteiger partial charge on any atom is 0.243 e. The van der Waals surface area contributed by atoms with Crippen LogP contribution in [-0.2, 0) is 10.0 Å². The number of piperidine rings is 1. The molecule has 5 heteroatoms. The molecule has 1 aromatic rings. The highest BCUT2D eigenvalue weighted by Crippen LogP contribution is 2.29. The highest BCUT2D eigenvalue weighted by molar-refractivity contribution is 9.10. The molecule has 2 atom stereocenters. The standard InChI is InChI=1S/C13H18BrNO2S/c1-10-4-3-5-11(2)15(10)18(16,17)13-8-6-12(14)7-9-13/h6-11H,3-5H2,1-2H3/t10-,11+. The molecule has 1 saturated heterocycles. The number of benzene rings is 1. The quantitative estimate of drug-likeness (QED) is 0.832. The van der Waals surface area contributed by atoms with Crippen molar-refractivity contribution >= 4 is 26.0 Å². The zero-order valence-electron chi connectivity index (χ0n) is 10.6. The lowest BCUT2D eigenvalue weighted by atomic mass is 10.0. The van der Waals surface area contributed by atoms with E-state index < -0.39 is 10.0 Å². The summed E-state index contributed by atoms with van der Waals surface area (Å²) in [4.78, 5) is 0.381. The number of halogens is 1. The number of hydrogen-bond donors (Lipinski definition) is 0. The Kier molecular flexibility index (Phi) is 4.14. The summed E-state index contributed by atoms with van der Waals surface area (Å²) in [6.07, 6.45) is 2.99. The molecule has 1 fully saturated rings. The minimum Gasteiger partial charge on any atom is -0.207 e. The van der Waals surface area contributed by atoms with Crippen LogP contribution >= 0.6 is 15.9 Å². The average molecular weight is 332 g/mol. The second-order valence-corrected chi connectivity index (χ2v) is 7.68. The fraction of sp³-hybridized carbons (Fsp3) is 0.538. The molecule has 0 N–H and O–H groups in total. The second kappa shape index (κ2) is 5.31. The Morgan fingerprint density at radius 1 is 1.11 bits per heavy atom. The van der Waals surface area contributed by atoms with Gasteiger partial charge in [0.25, 0.3) is 0 Å². The summed E-state index contributed by atoms with van der Waals surface area (Å²) in [5.74, 6) is 0. The van der Waals surface area contributed by atoms with E-state index >= 15 is 0 Å². The van der Waals surface area contributed by atoms with Gasteiger partial charge in [-0.3, -0.25) is 0 Å². The fourth-order valence-electron chi connectivity index (χ4n) is 2.60. The van der Waals surface area contributed by atoms with Crippen molar-refractivity contribution in [1.29, 1.82) is 0 Å². The van der Waals surface area contributed by atoms with E-state index in [1.54, 1.807) is 28.6 Å². The Morgan fingerprint density at radius 2 is 1.61 bits per heavy atom. The smallest absolute Gasteiger partial charge is 0.207 e. The van der Waals surface area contributed by atoms with Crippen LogP contribution in [-0.4, -0.2) is 24.8 Å². The minimum absolute atomic E-state index is 0.0856. The molecule has 0 amide bonds. The summed E-state index contributed by atoms with van der Waals surface area (Å²) in [6.45, 7) is 3.98. The summed E-state index contributed by atoms with van der Waals surface area (Å²) in [5, 5.41) is 0. The van der Waals surface area contributed by atoms with Crippen molar-refractivity contribution < 1.29 is 8.42 Å². The molecule has 0 saturated carbocycles. The first-order valence-corrected chi connectivity index (χ1v) is 8.45. The van der Waals surface area contributed by atoms with Crippen LogP contribution in [0, 0.1) is 0 Å². The topological polar surface area (TPSA) is 37.4 Å². The van der Waals surface area contributed by atoms with E-state index in [2.05, 4.69) is 15.9 Å². The van der Waals surface area contributed by atoms with Gasteiger partial charge in [-0.05, 0) is 51.0 Å². The third-order valence-electron chi connectivity index (χ3n) is 3.50. The molecule has 18 heavy (non-hydrogen) atoms. The number of nitrogens with zero attached hydrogens (tertiary/aromatic N) is 1. The molecule has 0 aliphatic carbocycles. The highest BCUT2D eigenvalue weighted by Gasteiger charge is 2.35. The zero-order chi connectivity index (χ0) is 13.3. The van der Waals surface area contributed by atoms with E-state index in [1.165, 1.54) is 0 Å². The Hall–Kier alpha value is -0.390. The third-order valence-corrected chi connectivity index (χ3v) is 6.17. The number of rotatable bonds is 2. The number of sulfonamides is 1. The molecule has 0 radical (unpaired) electrons. The van der Waals surface area contributed by atoms with Crippen molar-refractivity contribution in [3.8, 4) is 0 Å². The molecule has 1 aromatic carbocycles. The van der Waals surface area contributed by atoms with Crippen LogP contribution in [0.4, 0.5) is 0 Å². The molecule has 3 nitrogen and oxygen atoms in total. The van der Waals surface area contributed by atoms with Crippen LogP contribution < -0.4 is 0 Å². The van der Waals surface area contributed by atoms with Gasteiger partial charge in [-0.1, -0.05) is 22.4 Å². The van der Waals surface area contributed by atoms with Gasteiger partial charge in [-0.15, -0.1) is 0 Å². The normalized spacial score (nSPS) is 26.2. The molecule has 0 bridgehead atoms. The van der Waals surface area contributed by atoms with E-state index in [-0.39, 0.29) is 12.1 Å². The van der Waals surface area contributed by atoms with Crippen LogP contribution in [0.15, 0.2) is 33.6 Å². The third kappa shape index (κ3) is 2.63. The SMILES string of the molecule is C[C@@H]1CCC[C@H](C)N1S(=O)(=O)c1ccc(Br)cc1. The van der Waals surface area contributed by atoms with Crippen LogP contribution in [0.25, 0.3) is 0 Å². The monoisotopic (exact) mass is 331 g/mol. The predicted octanol–water partition coefficient (Wildman–Crippen LogP) is 3.40. The lowest BCUT2D eigenvalue weighted by Crippen LogP contribution is -2.47. The first kappa shape index (κ1) is 14.0.